The molecule has 4 heteroatoms. The first-order valence-electron chi connectivity index (χ1n) is 7.29. The van der Waals surface area contributed by atoms with E-state index in [9.17, 15) is 0 Å². The summed E-state index contributed by atoms with van der Waals surface area (Å²) >= 11 is 0. The van der Waals surface area contributed by atoms with Crippen LogP contribution in [0.3, 0.4) is 0 Å². The van der Waals surface area contributed by atoms with Gasteiger partial charge in [0.2, 0.25) is 0 Å². The van der Waals surface area contributed by atoms with Crippen molar-refractivity contribution in [3.63, 3.8) is 0 Å². The average molecular weight is 244 g/mol. The molecule has 4 nitrogen and oxygen atoms in total. The van der Waals surface area contributed by atoms with Crippen molar-refractivity contribution in [2.75, 3.05) is 32.7 Å². The summed E-state index contributed by atoms with van der Waals surface area (Å²) in [7, 11) is 0. The second-order valence-electron chi connectivity index (χ2n) is 6.40. The quantitative estimate of drug-likeness (QED) is 0.485. The van der Waals surface area contributed by atoms with Gasteiger partial charge in [0.25, 0.3) is 0 Å². The van der Waals surface area contributed by atoms with Crippen LogP contribution in [0.2, 0.25) is 0 Å². The van der Waals surface area contributed by atoms with Gasteiger partial charge in [-0.2, -0.15) is 0 Å². The van der Waals surface area contributed by atoms with Crippen LogP contribution in [-0.2, 0) is 0 Å². The van der Waals surface area contributed by atoms with Crippen LogP contribution in [0.25, 0.3) is 0 Å². The van der Waals surface area contributed by atoms with Crippen molar-refractivity contribution in [1.29, 1.82) is 0 Å². The van der Waals surface area contributed by atoms with E-state index in [4.69, 9.17) is 0 Å². The first-order valence-corrected chi connectivity index (χ1v) is 7.29. The highest BCUT2D eigenvalue weighted by Gasteiger charge is 2.68. The molecule has 0 radical (unpaired) electrons. The first kappa shape index (κ1) is 9.73. The van der Waals surface area contributed by atoms with Crippen LogP contribution in [-0.4, -0.2) is 32.7 Å². The minimum atomic E-state index is 0.356. The standard InChI is InChI=1S/C14H20N4/c1-4-16-9-7-15-8-14-3-6-18-12-11(14)13(1,10(9)14)2-5-17-12/h15-18H,1-8H2. The van der Waals surface area contributed by atoms with Crippen molar-refractivity contribution in [1.82, 2.24) is 21.3 Å². The second-order valence-corrected chi connectivity index (χ2v) is 6.40. The molecule has 0 aromatic carbocycles. The van der Waals surface area contributed by atoms with Gasteiger partial charge in [-0.1, -0.05) is 0 Å². The van der Waals surface area contributed by atoms with E-state index < -0.39 is 0 Å². The Morgan fingerprint density at radius 2 is 1.50 bits per heavy atom. The number of nitrogens with one attached hydrogen (secondary N) is 4. The predicted octanol–water partition coefficient (Wildman–Crippen LogP) is 0.0216. The van der Waals surface area contributed by atoms with Gasteiger partial charge in [-0.3, -0.25) is 0 Å². The van der Waals surface area contributed by atoms with Crippen LogP contribution in [0, 0.1) is 10.8 Å². The molecule has 1 saturated carbocycles. The van der Waals surface area contributed by atoms with Crippen molar-refractivity contribution in [3.8, 4) is 0 Å². The molecule has 1 aliphatic carbocycles. The maximum absolute atomic E-state index is 3.66. The van der Waals surface area contributed by atoms with Gasteiger partial charge < -0.3 is 21.3 Å². The molecule has 18 heavy (non-hydrogen) atoms. The number of rotatable bonds is 0. The van der Waals surface area contributed by atoms with Gasteiger partial charge in [-0.15, -0.1) is 0 Å². The zero-order chi connectivity index (χ0) is 11.8. The largest absolute Gasteiger partial charge is 0.387 e. The van der Waals surface area contributed by atoms with Crippen LogP contribution in [0.1, 0.15) is 19.3 Å². The van der Waals surface area contributed by atoms with Gasteiger partial charge in [0.15, 0.2) is 0 Å². The van der Waals surface area contributed by atoms with E-state index in [1.807, 2.05) is 0 Å². The Bertz CT molecular complexity index is 416. The fraction of sp³-hybridized carbons (Fsp3) is 0.714. The lowest BCUT2D eigenvalue weighted by atomic mass is 9.39. The summed E-state index contributed by atoms with van der Waals surface area (Å²) in [6, 6.07) is 0. The smallest absolute Gasteiger partial charge is 0.0996 e. The molecule has 2 unspecified atom stereocenters. The highest BCUT2D eigenvalue weighted by Crippen LogP contribution is 2.72. The monoisotopic (exact) mass is 244 g/mol. The maximum atomic E-state index is 3.66. The lowest BCUT2D eigenvalue weighted by Crippen LogP contribution is -2.69. The summed E-state index contributed by atoms with van der Waals surface area (Å²) in [6.45, 7) is 5.60. The molecule has 2 spiro atoms. The normalized spacial score (nSPS) is 44.0. The van der Waals surface area contributed by atoms with Gasteiger partial charge in [-0.05, 0) is 30.4 Å². The van der Waals surface area contributed by atoms with E-state index in [0.29, 0.717) is 10.8 Å². The predicted molar refractivity (Wildman–Crippen MR) is 69.6 cm³/mol. The van der Waals surface area contributed by atoms with Crippen molar-refractivity contribution >= 4 is 0 Å². The maximum Gasteiger partial charge on any atom is 0.0996 e. The summed E-state index contributed by atoms with van der Waals surface area (Å²) in [5.41, 5.74) is 5.81. The molecule has 5 rings (SSSR count). The van der Waals surface area contributed by atoms with Crippen LogP contribution in [0.4, 0.5) is 0 Å². The zero-order valence-corrected chi connectivity index (χ0v) is 10.7. The highest BCUT2D eigenvalue weighted by molar-refractivity contribution is 5.61. The third-order valence-corrected chi connectivity index (χ3v) is 5.79. The average Bonchev–Trinajstić information content (AvgIpc) is 2.38. The van der Waals surface area contributed by atoms with E-state index in [1.165, 1.54) is 30.8 Å². The lowest BCUT2D eigenvalue weighted by Gasteiger charge is -2.69. The third-order valence-electron chi connectivity index (χ3n) is 5.79. The Hall–Kier alpha value is -1.16. The fourth-order valence-corrected chi connectivity index (χ4v) is 5.41. The Morgan fingerprint density at radius 1 is 0.778 bits per heavy atom. The van der Waals surface area contributed by atoms with Gasteiger partial charge in [0, 0.05) is 49.3 Å². The minimum Gasteiger partial charge on any atom is -0.387 e. The highest BCUT2D eigenvalue weighted by atomic mass is 15.1. The molecule has 0 saturated heterocycles. The summed E-state index contributed by atoms with van der Waals surface area (Å²) < 4.78 is 0. The Labute approximate surface area is 107 Å². The number of hydrogen-bond acceptors (Lipinski definition) is 4. The molecule has 0 amide bonds. The Morgan fingerprint density at radius 3 is 2.33 bits per heavy atom. The molecule has 96 valence electrons. The molecule has 4 N–H and O–H groups in total. The van der Waals surface area contributed by atoms with E-state index in [-0.39, 0.29) is 0 Å². The molecular weight excluding hydrogens is 224 g/mol. The molecule has 0 aromatic heterocycles. The Balaban J connectivity index is 1.82. The lowest BCUT2D eigenvalue weighted by molar-refractivity contribution is 0.0819. The van der Waals surface area contributed by atoms with Crippen molar-refractivity contribution in [3.05, 3.63) is 22.7 Å². The van der Waals surface area contributed by atoms with Crippen LogP contribution in [0.15, 0.2) is 22.7 Å². The summed E-state index contributed by atoms with van der Waals surface area (Å²) in [4.78, 5) is 0. The van der Waals surface area contributed by atoms with E-state index in [0.717, 1.165) is 32.7 Å². The van der Waals surface area contributed by atoms with Crippen molar-refractivity contribution in [2.45, 2.75) is 19.3 Å². The summed E-state index contributed by atoms with van der Waals surface area (Å²) in [5, 5.41) is 14.5. The summed E-state index contributed by atoms with van der Waals surface area (Å²) in [6.07, 6.45) is 3.87. The topological polar surface area (TPSA) is 48.1 Å². The molecule has 4 heterocycles. The molecule has 2 atom stereocenters. The summed E-state index contributed by atoms with van der Waals surface area (Å²) in [5.74, 6) is 1.38. The van der Waals surface area contributed by atoms with E-state index >= 15 is 0 Å². The van der Waals surface area contributed by atoms with E-state index in [2.05, 4.69) is 21.3 Å². The Kier molecular flexibility index (Phi) is 1.55. The molecule has 0 bridgehead atoms. The zero-order valence-electron chi connectivity index (χ0n) is 10.7. The van der Waals surface area contributed by atoms with Gasteiger partial charge >= 0.3 is 0 Å². The van der Waals surface area contributed by atoms with Crippen LogP contribution in [0.5, 0.6) is 0 Å². The fourth-order valence-electron chi connectivity index (χ4n) is 5.41. The first-order chi connectivity index (χ1) is 8.87. The van der Waals surface area contributed by atoms with Crippen LogP contribution >= 0.6 is 0 Å². The molecule has 1 fully saturated rings. The molecule has 5 aliphatic rings. The number of hydrogen-bond donors (Lipinski definition) is 4. The van der Waals surface area contributed by atoms with Crippen LogP contribution < -0.4 is 21.3 Å². The van der Waals surface area contributed by atoms with Gasteiger partial charge in [0.1, 0.15) is 0 Å². The van der Waals surface area contributed by atoms with Gasteiger partial charge in [-0.25, -0.2) is 0 Å². The van der Waals surface area contributed by atoms with E-state index in [1.54, 1.807) is 11.1 Å². The molecular formula is C14H20N4. The molecule has 0 aromatic rings. The third kappa shape index (κ3) is 0.821. The van der Waals surface area contributed by atoms with Gasteiger partial charge in [0.05, 0.1) is 5.82 Å². The van der Waals surface area contributed by atoms with Crippen molar-refractivity contribution < 1.29 is 0 Å². The minimum absolute atomic E-state index is 0.356. The second kappa shape index (κ2) is 2.87. The SMILES string of the molecule is C1CC23CCNC4=C2C2(CCN4)CNCC(=C32)N1. The van der Waals surface area contributed by atoms with Crippen molar-refractivity contribution in [2.24, 2.45) is 10.8 Å². The molecule has 4 aliphatic heterocycles.